The van der Waals surface area contributed by atoms with Crippen molar-refractivity contribution in [2.75, 3.05) is 0 Å². The van der Waals surface area contributed by atoms with Gasteiger partial charge in [-0.15, -0.1) is 0 Å². The number of rotatable bonds is 3. The molecule has 0 radical (unpaired) electrons. The molecule has 19 heavy (non-hydrogen) atoms. The smallest absolute Gasteiger partial charge is 0.306 e. The number of carbonyl (C=O) groups is 2. The Kier molecular flexibility index (Phi) is 3.76. The first-order chi connectivity index (χ1) is 9.10. The van der Waals surface area contributed by atoms with Crippen molar-refractivity contribution in [1.82, 2.24) is 10.3 Å². The zero-order valence-electron chi connectivity index (χ0n) is 10.2. The summed E-state index contributed by atoms with van der Waals surface area (Å²) in [5.74, 6) is -1.52. The van der Waals surface area contributed by atoms with Crippen LogP contribution in [-0.2, 0) is 4.79 Å². The fourth-order valence-corrected chi connectivity index (χ4v) is 2.19. The van der Waals surface area contributed by atoms with Gasteiger partial charge in [0.15, 0.2) is 0 Å². The predicted molar refractivity (Wildman–Crippen MR) is 65.2 cm³/mol. The van der Waals surface area contributed by atoms with Crippen molar-refractivity contribution in [2.24, 2.45) is 5.92 Å². The van der Waals surface area contributed by atoms with Gasteiger partial charge in [-0.1, -0.05) is 0 Å². The first kappa shape index (κ1) is 13.0. The van der Waals surface area contributed by atoms with Gasteiger partial charge >= 0.3 is 5.97 Å². The molecule has 2 rings (SSSR count). The molecule has 2 atom stereocenters. The van der Waals surface area contributed by atoms with Gasteiger partial charge in [0, 0.05) is 12.2 Å². The summed E-state index contributed by atoms with van der Waals surface area (Å²) in [6.07, 6.45) is 3.04. The number of aromatic nitrogens is 1. The molecule has 6 nitrogen and oxygen atoms in total. The number of amides is 1. The van der Waals surface area contributed by atoms with Crippen LogP contribution in [0.5, 0.6) is 0 Å². The van der Waals surface area contributed by atoms with Crippen LogP contribution in [-0.4, -0.2) is 28.0 Å². The van der Waals surface area contributed by atoms with Crippen molar-refractivity contribution in [3.05, 3.63) is 29.6 Å². The summed E-state index contributed by atoms with van der Waals surface area (Å²) >= 11 is 0. The zero-order valence-corrected chi connectivity index (χ0v) is 10.2. The van der Waals surface area contributed by atoms with Gasteiger partial charge in [-0.25, -0.2) is 4.98 Å². The highest BCUT2D eigenvalue weighted by Gasteiger charge is 2.30. The molecule has 2 unspecified atom stereocenters. The van der Waals surface area contributed by atoms with Crippen LogP contribution in [0.4, 0.5) is 0 Å². The van der Waals surface area contributed by atoms with Crippen molar-refractivity contribution >= 4 is 11.9 Å². The van der Waals surface area contributed by atoms with Crippen LogP contribution >= 0.6 is 0 Å². The number of nitriles is 1. The molecule has 1 saturated carbocycles. The molecule has 1 aromatic heterocycles. The molecular weight excluding hydrogens is 246 g/mol. The zero-order chi connectivity index (χ0) is 13.8. The van der Waals surface area contributed by atoms with E-state index >= 15 is 0 Å². The minimum Gasteiger partial charge on any atom is -0.481 e. The third kappa shape index (κ3) is 3.07. The number of hydrogen-bond donors (Lipinski definition) is 2. The maximum Gasteiger partial charge on any atom is 0.306 e. The van der Waals surface area contributed by atoms with E-state index < -0.39 is 5.97 Å². The van der Waals surface area contributed by atoms with Gasteiger partial charge < -0.3 is 10.4 Å². The second-order valence-corrected chi connectivity index (χ2v) is 4.56. The summed E-state index contributed by atoms with van der Waals surface area (Å²) in [5, 5.41) is 20.3. The molecule has 0 saturated heterocycles. The third-order valence-corrected chi connectivity index (χ3v) is 3.24. The Morgan fingerprint density at radius 3 is 2.74 bits per heavy atom. The maximum absolute atomic E-state index is 11.9. The number of pyridine rings is 1. The van der Waals surface area contributed by atoms with Gasteiger partial charge in [-0.3, -0.25) is 9.59 Å². The lowest BCUT2D eigenvalue weighted by Crippen LogP contribution is -2.33. The lowest BCUT2D eigenvalue weighted by Gasteiger charge is -2.11. The van der Waals surface area contributed by atoms with E-state index in [0.29, 0.717) is 24.8 Å². The summed E-state index contributed by atoms with van der Waals surface area (Å²) in [6.45, 7) is 0. The van der Waals surface area contributed by atoms with E-state index in [0.717, 1.165) is 0 Å². The van der Waals surface area contributed by atoms with Crippen molar-refractivity contribution in [3.8, 4) is 6.07 Å². The minimum atomic E-state index is -0.812. The third-order valence-electron chi connectivity index (χ3n) is 3.24. The van der Waals surface area contributed by atoms with Crippen LogP contribution in [0.3, 0.4) is 0 Å². The molecule has 1 heterocycles. The molecule has 1 aliphatic rings. The molecule has 1 fully saturated rings. The largest absolute Gasteiger partial charge is 0.481 e. The van der Waals surface area contributed by atoms with Gasteiger partial charge in [-0.2, -0.15) is 5.26 Å². The highest BCUT2D eigenvalue weighted by molar-refractivity contribution is 5.92. The quantitative estimate of drug-likeness (QED) is 0.840. The van der Waals surface area contributed by atoms with Gasteiger partial charge in [0.2, 0.25) is 0 Å². The monoisotopic (exact) mass is 259 g/mol. The Bertz CT molecular complexity index is 533. The normalized spacial score (nSPS) is 21.6. The van der Waals surface area contributed by atoms with Gasteiger partial charge in [0.1, 0.15) is 11.8 Å². The number of carboxylic acid groups (broad SMARTS) is 1. The second-order valence-electron chi connectivity index (χ2n) is 4.56. The second kappa shape index (κ2) is 5.48. The van der Waals surface area contributed by atoms with E-state index in [1.54, 1.807) is 0 Å². The number of hydrogen-bond acceptors (Lipinski definition) is 4. The highest BCUT2D eigenvalue weighted by atomic mass is 16.4. The summed E-state index contributed by atoms with van der Waals surface area (Å²) in [7, 11) is 0. The van der Waals surface area contributed by atoms with Crippen molar-refractivity contribution < 1.29 is 14.7 Å². The Hall–Kier alpha value is -2.42. The molecule has 2 N–H and O–H groups in total. The van der Waals surface area contributed by atoms with Crippen LogP contribution in [0.15, 0.2) is 18.3 Å². The average molecular weight is 259 g/mol. The van der Waals surface area contributed by atoms with E-state index in [2.05, 4.69) is 10.3 Å². The van der Waals surface area contributed by atoms with Crippen LogP contribution in [0.25, 0.3) is 0 Å². The fourth-order valence-electron chi connectivity index (χ4n) is 2.19. The van der Waals surface area contributed by atoms with Crippen molar-refractivity contribution in [1.29, 1.82) is 5.26 Å². The summed E-state index contributed by atoms with van der Waals surface area (Å²) in [6, 6.07) is 4.81. The average Bonchev–Trinajstić information content (AvgIpc) is 2.87. The number of aliphatic carboxylic acids is 1. The number of nitrogens with one attached hydrogen (secondary N) is 1. The Labute approximate surface area is 110 Å². The molecule has 0 aliphatic heterocycles. The van der Waals surface area contributed by atoms with E-state index in [9.17, 15) is 9.59 Å². The molecule has 1 amide bonds. The van der Waals surface area contributed by atoms with E-state index in [1.165, 1.54) is 18.3 Å². The SMILES string of the molecule is N#Cc1ccc(C(=O)NC2CCC(C(=O)O)C2)nc1. The van der Waals surface area contributed by atoms with Gasteiger partial charge in [0.25, 0.3) is 5.91 Å². The highest BCUT2D eigenvalue weighted by Crippen LogP contribution is 2.25. The summed E-state index contributed by atoms with van der Waals surface area (Å²) in [5.41, 5.74) is 0.626. The predicted octanol–water partition coefficient (Wildman–Crippen LogP) is 0.936. The van der Waals surface area contributed by atoms with Crippen molar-refractivity contribution in [3.63, 3.8) is 0 Å². The van der Waals surface area contributed by atoms with Gasteiger partial charge in [0.05, 0.1) is 11.5 Å². The first-order valence-corrected chi connectivity index (χ1v) is 6.00. The van der Waals surface area contributed by atoms with E-state index in [1.807, 2.05) is 6.07 Å². The topological polar surface area (TPSA) is 103 Å². The van der Waals surface area contributed by atoms with Crippen LogP contribution in [0.2, 0.25) is 0 Å². The van der Waals surface area contributed by atoms with E-state index in [4.69, 9.17) is 10.4 Å². The van der Waals surface area contributed by atoms with E-state index in [-0.39, 0.29) is 23.6 Å². The van der Waals surface area contributed by atoms with Gasteiger partial charge in [-0.05, 0) is 31.4 Å². The summed E-state index contributed by atoms with van der Waals surface area (Å²) < 4.78 is 0. The molecule has 1 aliphatic carbocycles. The Morgan fingerprint density at radius 2 is 2.21 bits per heavy atom. The lowest BCUT2D eigenvalue weighted by atomic mass is 10.1. The molecule has 98 valence electrons. The molecular formula is C13H13N3O3. The summed E-state index contributed by atoms with van der Waals surface area (Å²) in [4.78, 5) is 26.6. The number of nitrogens with zero attached hydrogens (tertiary/aromatic N) is 2. The van der Waals surface area contributed by atoms with Crippen LogP contribution < -0.4 is 5.32 Å². The molecule has 0 spiro atoms. The molecule has 6 heteroatoms. The molecule has 0 aromatic carbocycles. The lowest BCUT2D eigenvalue weighted by molar-refractivity contribution is -0.141. The number of carboxylic acids is 1. The fraction of sp³-hybridized carbons (Fsp3) is 0.385. The first-order valence-electron chi connectivity index (χ1n) is 6.00. The van der Waals surface area contributed by atoms with Crippen molar-refractivity contribution in [2.45, 2.75) is 25.3 Å². The molecule has 0 bridgehead atoms. The van der Waals surface area contributed by atoms with Crippen LogP contribution in [0, 0.1) is 17.2 Å². The number of carbonyl (C=O) groups excluding carboxylic acids is 1. The van der Waals surface area contributed by atoms with Crippen LogP contribution in [0.1, 0.15) is 35.3 Å². The maximum atomic E-state index is 11.9. The Morgan fingerprint density at radius 1 is 1.42 bits per heavy atom. The Balaban J connectivity index is 1.94. The standard InChI is InChI=1S/C13H13N3O3/c14-6-8-1-4-11(15-7-8)12(17)16-10-3-2-9(5-10)13(18)19/h1,4,7,9-10H,2-3,5H2,(H,16,17)(H,18,19). The minimum absolute atomic E-state index is 0.119. The molecule has 1 aromatic rings.